The number of guanidine groups is 1. The van der Waals surface area contributed by atoms with Gasteiger partial charge in [-0.15, -0.1) is 11.8 Å². The molecule has 0 unspecified atom stereocenters. The van der Waals surface area contributed by atoms with Gasteiger partial charge in [0.1, 0.15) is 0 Å². The third kappa shape index (κ3) is 2.94. The molecule has 3 nitrogen and oxygen atoms in total. The first kappa shape index (κ1) is 7.93. The SMILES string of the molecule is CC#CCCNC1=NCCN1. The molecular weight excluding hydrogens is 138 g/mol. The summed E-state index contributed by atoms with van der Waals surface area (Å²) in [5.41, 5.74) is 0. The molecule has 0 atom stereocenters. The van der Waals surface area contributed by atoms with Gasteiger partial charge in [0.05, 0.1) is 6.54 Å². The molecule has 0 saturated carbocycles. The van der Waals surface area contributed by atoms with Crippen molar-refractivity contribution < 1.29 is 0 Å². The number of hydrogen-bond donors (Lipinski definition) is 2. The van der Waals surface area contributed by atoms with E-state index in [1.807, 2.05) is 6.92 Å². The second-order valence-corrected chi connectivity index (χ2v) is 2.26. The van der Waals surface area contributed by atoms with Gasteiger partial charge in [-0.2, -0.15) is 0 Å². The van der Waals surface area contributed by atoms with Gasteiger partial charge in [0, 0.05) is 19.5 Å². The first-order chi connectivity index (χ1) is 5.43. The maximum absolute atomic E-state index is 4.18. The lowest BCUT2D eigenvalue weighted by molar-refractivity contribution is 0.863. The molecule has 1 aliphatic heterocycles. The summed E-state index contributed by atoms with van der Waals surface area (Å²) in [6.07, 6.45) is 0.886. The molecule has 0 aliphatic carbocycles. The fourth-order valence-corrected chi connectivity index (χ4v) is 0.885. The van der Waals surface area contributed by atoms with E-state index in [1.54, 1.807) is 0 Å². The van der Waals surface area contributed by atoms with Crippen molar-refractivity contribution in [1.29, 1.82) is 0 Å². The maximum Gasteiger partial charge on any atom is 0.191 e. The minimum atomic E-state index is 0.882. The van der Waals surface area contributed by atoms with E-state index in [0.717, 1.165) is 32.0 Å². The topological polar surface area (TPSA) is 36.4 Å². The van der Waals surface area contributed by atoms with E-state index in [2.05, 4.69) is 27.5 Å². The Bertz CT molecular complexity index is 197. The highest BCUT2D eigenvalue weighted by Crippen LogP contribution is 1.81. The molecule has 11 heavy (non-hydrogen) atoms. The van der Waals surface area contributed by atoms with Gasteiger partial charge in [-0.1, -0.05) is 0 Å². The van der Waals surface area contributed by atoms with Crippen LogP contribution in [0.15, 0.2) is 4.99 Å². The molecule has 1 heterocycles. The number of nitrogens with zero attached hydrogens (tertiary/aromatic N) is 1. The summed E-state index contributed by atoms with van der Waals surface area (Å²) in [5.74, 6) is 6.74. The molecule has 60 valence electrons. The average Bonchev–Trinajstić information content (AvgIpc) is 2.50. The minimum absolute atomic E-state index is 0.882. The lowest BCUT2D eigenvalue weighted by Gasteiger charge is -2.02. The van der Waals surface area contributed by atoms with Crippen LogP contribution in [-0.4, -0.2) is 25.6 Å². The van der Waals surface area contributed by atoms with Crippen LogP contribution in [0.1, 0.15) is 13.3 Å². The van der Waals surface area contributed by atoms with Crippen molar-refractivity contribution in [3.8, 4) is 11.8 Å². The molecule has 0 bridgehead atoms. The summed E-state index contributed by atoms with van der Waals surface area (Å²) < 4.78 is 0. The van der Waals surface area contributed by atoms with E-state index < -0.39 is 0 Å². The summed E-state index contributed by atoms with van der Waals surface area (Å²) in [6, 6.07) is 0. The van der Waals surface area contributed by atoms with Gasteiger partial charge in [0.2, 0.25) is 0 Å². The Labute approximate surface area is 67.3 Å². The zero-order chi connectivity index (χ0) is 7.94. The van der Waals surface area contributed by atoms with Crippen LogP contribution >= 0.6 is 0 Å². The van der Waals surface area contributed by atoms with Crippen molar-refractivity contribution in [2.24, 2.45) is 4.99 Å². The molecule has 0 saturated heterocycles. The Kier molecular flexibility index (Phi) is 3.33. The Hall–Kier alpha value is -1.17. The number of aliphatic imine (C=N–C) groups is 1. The molecule has 0 fully saturated rings. The molecule has 3 heteroatoms. The van der Waals surface area contributed by atoms with Gasteiger partial charge in [0.15, 0.2) is 5.96 Å². The molecule has 2 N–H and O–H groups in total. The molecule has 1 aliphatic rings. The molecular formula is C8H13N3. The predicted molar refractivity (Wildman–Crippen MR) is 46.4 cm³/mol. The van der Waals surface area contributed by atoms with Crippen LogP contribution in [0.4, 0.5) is 0 Å². The van der Waals surface area contributed by atoms with E-state index in [1.165, 1.54) is 0 Å². The zero-order valence-electron chi connectivity index (χ0n) is 6.78. The highest BCUT2D eigenvalue weighted by Gasteiger charge is 2.01. The van der Waals surface area contributed by atoms with Crippen molar-refractivity contribution in [2.75, 3.05) is 19.6 Å². The van der Waals surface area contributed by atoms with Gasteiger partial charge in [-0.05, 0) is 6.92 Å². The first-order valence-electron chi connectivity index (χ1n) is 3.85. The van der Waals surface area contributed by atoms with Gasteiger partial charge >= 0.3 is 0 Å². The van der Waals surface area contributed by atoms with Crippen LogP contribution in [0.3, 0.4) is 0 Å². The van der Waals surface area contributed by atoms with E-state index in [0.29, 0.717) is 0 Å². The van der Waals surface area contributed by atoms with E-state index in [9.17, 15) is 0 Å². The lowest BCUT2D eigenvalue weighted by atomic mass is 10.4. The van der Waals surface area contributed by atoms with E-state index in [4.69, 9.17) is 0 Å². The van der Waals surface area contributed by atoms with Crippen LogP contribution in [0, 0.1) is 11.8 Å². The molecule has 0 amide bonds. The van der Waals surface area contributed by atoms with Crippen molar-refractivity contribution in [3.05, 3.63) is 0 Å². The normalized spacial score (nSPS) is 14.5. The van der Waals surface area contributed by atoms with Crippen molar-refractivity contribution in [1.82, 2.24) is 10.6 Å². The number of nitrogens with one attached hydrogen (secondary N) is 2. The monoisotopic (exact) mass is 151 g/mol. The van der Waals surface area contributed by atoms with Gasteiger partial charge in [-0.25, -0.2) is 0 Å². The van der Waals surface area contributed by atoms with Gasteiger partial charge < -0.3 is 10.6 Å². The van der Waals surface area contributed by atoms with E-state index >= 15 is 0 Å². The van der Waals surface area contributed by atoms with E-state index in [-0.39, 0.29) is 0 Å². The molecule has 1 rings (SSSR count). The predicted octanol–water partition coefficient (Wildman–Crippen LogP) is -0.0514. The average molecular weight is 151 g/mol. The third-order valence-corrected chi connectivity index (χ3v) is 1.39. The van der Waals surface area contributed by atoms with Crippen LogP contribution in [0.2, 0.25) is 0 Å². The third-order valence-electron chi connectivity index (χ3n) is 1.39. The quantitative estimate of drug-likeness (QED) is 0.429. The highest BCUT2D eigenvalue weighted by molar-refractivity contribution is 5.81. The molecule has 0 radical (unpaired) electrons. The second-order valence-electron chi connectivity index (χ2n) is 2.26. The maximum atomic E-state index is 4.18. The van der Waals surface area contributed by atoms with Crippen molar-refractivity contribution in [2.45, 2.75) is 13.3 Å². The summed E-state index contributed by atoms with van der Waals surface area (Å²) in [5, 5.41) is 6.28. The molecule has 0 spiro atoms. The van der Waals surface area contributed by atoms with Crippen LogP contribution < -0.4 is 10.6 Å². The number of rotatable bonds is 2. The van der Waals surface area contributed by atoms with Gasteiger partial charge in [-0.3, -0.25) is 4.99 Å². The molecule has 0 aromatic rings. The van der Waals surface area contributed by atoms with Crippen molar-refractivity contribution in [3.63, 3.8) is 0 Å². The molecule has 0 aromatic carbocycles. The Morgan fingerprint density at radius 3 is 3.27 bits per heavy atom. The summed E-state index contributed by atoms with van der Waals surface area (Å²) in [4.78, 5) is 4.18. The Balaban J connectivity index is 2.05. The lowest BCUT2D eigenvalue weighted by Crippen LogP contribution is -2.34. The zero-order valence-corrected chi connectivity index (χ0v) is 6.78. The summed E-state index contributed by atoms with van der Waals surface area (Å²) >= 11 is 0. The molecule has 0 aromatic heterocycles. The highest BCUT2D eigenvalue weighted by atomic mass is 15.2. The summed E-state index contributed by atoms with van der Waals surface area (Å²) in [7, 11) is 0. The van der Waals surface area contributed by atoms with Gasteiger partial charge in [0.25, 0.3) is 0 Å². The minimum Gasteiger partial charge on any atom is -0.355 e. The van der Waals surface area contributed by atoms with Crippen LogP contribution in [0.5, 0.6) is 0 Å². The van der Waals surface area contributed by atoms with Crippen molar-refractivity contribution >= 4 is 5.96 Å². The second kappa shape index (κ2) is 4.62. The Morgan fingerprint density at radius 2 is 2.64 bits per heavy atom. The number of hydrogen-bond acceptors (Lipinski definition) is 3. The van der Waals surface area contributed by atoms with Crippen LogP contribution in [-0.2, 0) is 0 Å². The largest absolute Gasteiger partial charge is 0.355 e. The fourth-order valence-electron chi connectivity index (χ4n) is 0.885. The van der Waals surface area contributed by atoms with Crippen LogP contribution in [0.25, 0.3) is 0 Å². The summed E-state index contributed by atoms with van der Waals surface area (Å²) in [6.45, 7) is 4.58. The Morgan fingerprint density at radius 1 is 1.73 bits per heavy atom. The fraction of sp³-hybridized carbons (Fsp3) is 0.625. The first-order valence-corrected chi connectivity index (χ1v) is 3.85. The standard InChI is InChI=1S/C8H13N3/c1-2-3-4-5-9-8-10-6-7-11-8/h4-7H2,1H3,(H2,9,10,11). The smallest absolute Gasteiger partial charge is 0.191 e.